The maximum absolute atomic E-state index is 6.18. The number of nitrogens with zero attached hydrogens (tertiary/aromatic N) is 3. The van der Waals surface area contributed by atoms with Crippen molar-refractivity contribution in [3.05, 3.63) is 54.0 Å². The summed E-state index contributed by atoms with van der Waals surface area (Å²) in [4.78, 5) is 13.5. The quantitative estimate of drug-likeness (QED) is 0.356. The minimum atomic E-state index is 0.465. The number of hydrogen-bond donors (Lipinski definition) is 1. The van der Waals surface area contributed by atoms with E-state index in [2.05, 4.69) is 33.3 Å². The number of ether oxygens (including phenoxy) is 3. The number of rotatable bonds is 8. The fraction of sp³-hybridized carbons (Fsp3) is 0.370. The number of nitrogens with one attached hydrogen (secondary N) is 1. The third-order valence-electron chi connectivity index (χ3n) is 6.39. The van der Waals surface area contributed by atoms with Gasteiger partial charge in [0, 0.05) is 23.2 Å². The van der Waals surface area contributed by atoms with E-state index in [9.17, 15) is 0 Å². The van der Waals surface area contributed by atoms with Gasteiger partial charge in [0.05, 0.1) is 30.1 Å². The van der Waals surface area contributed by atoms with Crippen molar-refractivity contribution in [1.29, 1.82) is 0 Å². The molecule has 0 spiro atoms. The molecule has 1 aliphatic rings. The van der Waals surface area contributed by atoms with E-state index in [0.717, 1.165) is 52.9 Å². The summed E-state index contributed by atoms with van der Waals surface area (Å²) in [5.41, 5.74) is 3.81. The van der Waals surface area contributed by atoms with E-state index < -0.39 is 0 Å². The van der Waals surface area contributed by atoms with Crippen LogP contribution in [0.15, 0.2) is 42.7 Å². The van der Waals surface area contributed by atoms with Gasteiger partial charge in [-0.15, -0.1) is 0 Å². The van der Waals surface area contributed by atoms with Crippen molar-refractivity contribution >= 4 is 21.8 Å². The van der Waals surface area contributed by atoms with E-state index in [4.69, 9.17) is 14.2 Å². The first kappa shape index (κ1) is 22.3. The number of methoxy groups -OCH3 is 1. The highest BCUT2D eigenvalue weighted by Gasteiger charge is 2.16. The van der Waals surface area contributed by atoms with Crippen LogP contribution in [0.1, 0.15) is 30.5 Å². The van der Waals surface area contributed by atoms with Crippen LogP contribution < -0.4 is 19.5 Å². The largest absolute Gasteiger partial charge is 0.493 e. The van der Waals surface area contributed by atoms with Crippen LogP contribution >= 0.6 is 0 Å². The molecule has 1 unspecified atom stereocenters. The second-order valence-corrected chi connectivity index (χ2v) is 8.91. The fourth-order valence-electron chi connectivity index (χ4n) is 4.63. The first-order chi connectivity index (χ1) is 16.6. The Morgan fingerprint density at radius 3 is 2.74 bits per heavy atom. The SMILES string of the molecule is COc1cc2c(Oc3ccc4c(C)cc(C)nc4c3)ncnc2cc1OCCCC1CCNC1. The Hall–Kier alpha value is -3.45. The van der Waals surface area contributed by atoms with Crippen LogP contribution in [0, 0.1) is 19.8 Å². The van der Waals surface area contributed by atoms with E-state index >= 15 is 0 Å². The lowest BCUT2D eigenvalue weighted by molar-refractivity contribution is 0.278. The van der Waals surface area contributed by atoms with Gasteiger partial charge in [0.1, 0.15) is 12.1 Å². The lowest BCUT2D eigenvalue weighted by Crippen LogP contribution is -2.10. The molecule has 0 radical (unpaired) electrons. The second-order valence-electron chi connectivity index (χ2n) is 8.91. The number of aromatic nitrogens is 3. The van der Waals surface area contributed by atoms with Crippen molar-refractivity contribution in [2.24, 2.45) is 5.92 Å². The minimum Gasteiger partial charge on any atom is -0.493 e. The van der Waals surface area contributed by atoms with E-state index in [-0.39, 0.29) is 0 Å². The van der Waals surface area contributed by atoms with Crippen molar-refractivity contribution in [2.45, 2.75) is 33.1 Å². The van der Waals surface area contributed by atoms with E-state index in [0.29, 0.717) is 29.7 Å². The average molecular weight is 459 g/mol. The summed E-state index contributed by atoms with van der Waals surface area (Å²) in [5, 5.41) is 5.29. The van der Waals surface area contributed by atoms with Gasteiger partial charge in [0.15, 0.2) is 11.5 Å². The second kappa shape index (κ2) is 9.81. The molecule has 5 rings (SSSR count). The third-order valence-corrected chi connectivity index (χ3v) is 6.39. The summed E-state index contributed by atoms with van der Waals surface area (Å²) in [6, 6.07) is 11.8. The summed E-state index contributed by atoms with van der Waals surface area (Å²) in [6.45, 7) is 6.98. The summed E-state index contributed by atoms with van der Waals surface area (Å²) in [6.07, 6.45) is 4.95. The molecule has 1 atom stereocenters. The normalized spacial score (nSPS) is 15.7. The zero-order valence-electron chi connectivity index (χ0n) is 19.9. The maximum atomic E-state index is 6.18. The van der Waals surface area contributed by atoms with Gasteiger partial charge in [0.25, 0.3) is 0 Å². The van der Waals surface area contributed by atoms with E-state index in [1.54, 1.807) is 7.11 Å². The molecule has 1 aliphatic heterocycles. The highest BCUT2D eigenvalue weighted by atomic mass is 16.5. The van der Waals surface area contributed by atoms with Crippen LogP contribution in [-0.4, -0.2) is 41.8 Å². The molecule has 1 N–H and O–H groups in total. The Labute approximate surface area is 199 Å². The van der Waals surface area contributed by atoms with Crippen LogP contribution in [0.2, 0.25) is 0 Å². The van der Waals surface area contributed by atoms with Gasteiger partial charge in [-0.1, -0.05) is 0 Å². The Morgan fingerprint density at radius 1 is 1.00 bits per heavy atom. The highest BCUT2D eigenvalue weighted by Crippen LogP contribution is 2.36. The van der Waals surface area contributed by atoms with Gasteiger partial charge in [-0.05, 0) is 81.9 Å². The number of aryl methyl sites for hydroxylation is 2. The molecule has 1 saturated heterocycles. The van der Waals surface area contributed by atoms with E-state index in [1.807, 2.05) is 37.3 Å². The van der Waals surface area contributed by atoms with Crippen LogP contribution in [0.4, 0.5) is 0 Å². The van der Waals surface area contributed by atoms with Crippen LogP contribution in [0.25, 0.3) is 21.8 Å². The van der Waals surface area contributed by atoms with Crippen molar-refractivity contribution in [3.63, 3.8) is 0 Å². The lowest BCUT2D eigenvalue weighted by atomic mass is 10.0. The smallest absolute Gasteiger partial charge is 0.230 e. The molecule has 0 amide bonds. The monoisotopic (exact) mass is 458 g/mol. The van der Waals surface area contributed by atoms with Gasteiger partial charge in [0.2, 0.25) is 5.88 Å². The van der Waals surface area contributed by atoms with Crippen molar-refractivity contribution in [1.82, 2.24) is 20.3 Å². The van der Waals surface area contributed by atoms with Gasteiger partial charge >= 0.3 is 0 Å². The van der Waals surface area contributed by atoms with Gasteiger partial charge < -0.3 is 19.5 Å². The molecule has 7 nitrogen and oxygen atoms in total. The average Bonchev–Trinajstić information content (AvgIpc) is 3.35. The molecular formula is C27H30N4O3. The maximum Gasteiger partial charge on any atom is 0.230 e. The number of fused-ring (bicyclic) bond motifs is 2. The van der Waals surface area contributed by atoms with Crippen molar-refractivity contribution in [2.75, 3.05) is 26.8 Å². The molecule has 176 valence electrons. The van der Waals surface area contributed by atoms with Crippen molar-refractivity contribution < 1.29 is 14.2 Å². The molecule has 2 aromatic heterocycles. The molecule has 2 aromatic carbocycles. The molecule has 0 bridgehead atoms. The Kier molecular flexibility index (Phi) is 6.45. The number of benzene rings is 2. The Bertz CT molecular complexity index is 1320. The predicted octanol–water partition coefficient (Wildman–Crippen LogP) is 5.36. The summed E-state index contributed by atoms with van der Waals surface area (Å²) in [7, 11) is 1.64. The predicted molar refractivity (Wildman–Crippen MR) is 133 cm³/mol. The van der Waals surface area contributed by atoms with Gasteiger partial charge in [-0.3, -0.25) is 4.98 Å². The summed E-state index contributed by atoms with van der Waals surface area (Å²) < 4.78 is 17.9. The standard InChI is InChI=1S/C27H30N4O3/c1-17-11-18(2)31-24-12-20(6-7-21(17)24)34-27-22-13-25(32-3)26(14-23(22)29-16-30-27)33-10-4-5-19-8-9-28-15-19/h6-7,11-14,16,19,28H,4-5,8-10,15H2,1-3H3. The van der Waals surface area contributed by atoms with Crippen LogP contribution in [0.3, 0.4) is 0 Å². The van der Waals surface area contributed by atoms with Crippen LogP contribution in [-0.2, 0) is 0 Å². The zero-order valence-corrected chi connectivity index (χ0v) is 19.9. The molecular weight excluding hydrogens is 428 g/mol. The van der Waals surface area contributed by atoms with Crippen LogP contribution in [0.5, 0.6) is 23.1 Å². The minimum absolute atomic E-state index is 0.465. The van der Waals surface area contributed by atoms with Crippen molar-refractivity contribution in [3.8, 4) is 23.1 Å². The van der Waals surface area contributed by atoms with Gasteiger partial charge in [-0.2, -0.15) is 0 Å². The Balaban J connectivity index is 1.37. The Morgan fingerprint density at radius 2 is 1.91 bits per heavy atom. The summed E-state index contributed by atoms with van der Waals surface area (Å²) in [5.74, 6) is 3.22. The lowest BCUT2D eigenvalue weighted by Gasteiger charge is -2.14. The van der Waals surface area contributed by atoms with E-state index in [1.165, 1.54) is 24.7 Å². The first-order valence-electron chi connectivity index (χ1n) is 11.8. The summed E-state index contributed by atoms with van der Waals surface area (Å²) >= 11 is 0. The topological polar surface area (TPSA) is 78.4 Å². The third kappa shape index (κ3) is 4.75. The molecule has 1 fully saturated rings. The molecule has 0 saturated carbocycles. The number of pyridine rings is 1. The molecule has 0 aliphatic carbocycles. The molecule has 3 heterocycles. The first-order valence-corrected chi connectivity index (χ1v) is 11.8. The zero-order chi connectivity index (χ0) is 23.5. The van der Waals surface area contributed by atoms with Gasteiger partial charge in [-0.25, -0.2) is 9.97 Å². The number of hydrogen-bond acceptors (Lipinski definition) is 7. The molecule has 4 aromatic rings. The highest BCUT2D eigenvalue weighted by molar-refractivity contribution is 5.87. The molecule has 34 heavy (non-hydrogen) atoms. The fourth-order valence-corrected chi connectivity index (χ4v) is 4.63. The molecule has 7 heteroatoms.